The molecule has 0 fully saturated rings. The molecule has 0 aliphatic carbocycles. The van der Waals surface area contributed by atoms with Crippen LogP contribution < -0.4 is 9.62 Å². The maximum atomic E-state index is 12.6. The number of fused-ring (bicyclic) bond motifs is 1. The van der Waals surface area contributed by atoms with Crippen LogP contribution in [0.3, 0.4) is 0 Å². The Morgan fingerprint density at radius 2 is 2.27 bits per heavy atom. The molecular formula is C16H18N4O3S3. The van der Waals surface area contributed by atoms with Crippen LogP contribution in [0.5, 0.6) is 0 Å². The molecule has 138 valence electrons. The summed E-state index contributed by atoms with van der Waals surface area (Å²) >= 11 is 2.62. The van der Waals surface area contributed by atoms with Crippen LogP contribution in [-0.2, 0) is 21.2 Å². The van der Waals surface area contributed by atoms with Crippen molar-refractivity contribution in [3.8, 4) is 0 Å². The molecule has 1 aromatic carbocycles. The standard InChI is InChI=1S/C16H18N4O3S3/c1-3-9-24-16-18-17-15(25-16)19-26(22,23)12-5-6-13-11(10-12)7-8-20(13)14(21)4-2/h3,5-6,10H,1,4,7-9H2,2H3,(H,17,19). The van der Waals surface area contributed by atoms with Crippen molar-refractivity contribution in [2.45, 2.75) is 29.0 Å². The first kappa shape index (κ1) is 18.9. The Kier molecular flexibility index (Phi) is 5.64. The van der Waals surface area contributed by atoms with Gasteiger partial charge >= 0.3 is 0 Å². The Balaban J connectivity index is 1.79. The molecular weight excluding hydrogens is 392 g/mol. The van der Waals surface area contributed by atoms with Gasteiger partial charge in [-0.2, -0.15) is 0 Å². The molecule has 7 nitrogen and oxygen atoms in total. The first-order valence-corrected chi connectivity index (χ1v) is 11.3. The van der Waals surface area contributed by atoms with Gasteiger partial charge in [-0.1, -0.05) is 36.1 Å². The van der Waals surface area contributed by atoms with Crippen molar-refractivity contribution in [2.75, 3.05) is 21.9 Å². The first-order chi connectivity index (χ1) is 12.4. The number of nitrogens with one attached hydrogen (secondary N) is 1. The van der Waals surface area contributed by atoms with Crippen LogP contribution in [0, 0.1) is 0 Å². The molecule has 2 heterocycles. The van der Waals surface area contributed by atoms with Gasteiger partial charge in [0, 0.05) is 24.4 Å². The minimum atomic E-state index is -3.76. The number of hydrogen-bond acceptors (Lipinski definition) is 7. The van der Waals surface area contributed by atoms with Crippen LogP contribution in [0.4, 0.5) is 10.8 Å². The molecule has 1 aliphatic heterocycles. The van der Waals surface area contributed by atoms with Gasteiger partial charge in [0.15, 0.2) is 4.34 Å². The highest BCUT2D eigenvalue weighted by Crippen LogP contribution is 2.32. The lowest BCUT2D eigenvalue weighted by molar-refractivity contribution is -0.118. The van der Waals surface area contributed by atoms with E-state index in [0.29, 0.717) is 29.5 Å². The Labute approximate surface area is 160 Å². The molecule has 1 aromatic heterocycles. The molecule has 0 unspecified atom stereocenters. The van der Waals surface area contributed by atoms with Crippen molar-refractivity contribution in [3.05, 3.63) is 36.4 Å². The first-order valence-electron chi connectivity index (χ1n) is 7.98. The van der Waals surface area contributed by atoms with E-state index >= 15 is 0 Å². The van der Waals surface area contributed by atoms with Gasteiger partial charge in [0.25, 0.3) is 10.0 Å². The predicted octanol–water partition coefficient (Wildman–Crippen LogP) is 2.92. The zero-order valence-corrected chi connectivity index (χ0v) is 16.6. The molecule has 1 amide bonds. The molecule has 26 heavy (non-hydrogen) atoms. The molecule has 3 rings (SSSR count). The van der Waals surface area contributed by atoms with Crippen LogP contribution in [0.1, 0.15) is 18.9 Å². The largest absolute Gasteiger partial charge is 0.312 e. The normalized spacial score (nSPS) is 13.5. The van der Waals surface area contributed by atoms with E-state index in [4.69, 9.17) is 0 Å². The number of thioether (sulfide) groups is 1. The summed E-state index contributed by atoms with van der Waals surface area (Å²) in [6.07, 6.45) is 2.81. The third kappa shape index (κ3) is 3.92. The number of hydrogen-bond donors (Lipinski definition) is 1. The van der Waals surface area contributed by atoms with E-state index < -0.39 is 10.0 Å². The second-order valence-electron chi connectivity index (χ2n) is 5.52. The van der Waals surface area contributed by atoms with Crippen LogP contribution in [0.15, 0.2) is 40.1 Å². The highest BCUT2D eigenvalue weighted by Gasteiger charge is 2.26. The van der Waals surface area contributed by atoms with Crippen LogP contribution in [0.25, 0.3) is 0 Å². The second kappa shape index (κ2) is 7.77. The van der Waals surface area contributed by atoms with Gasteiger partial charge < -0.3 is 4.90 Å². The number of nitrogens with zero attached hydrogens (tertiary/aromatic N) is 3. The lowest BCUT2D eigenvalue weighted by Gasteiger charge is -2.16. The van der Waals surface area contributed by atoms with Crippen molar-refractivity contribution in [1.82, 2.24) is 10.2 Å². The summed E-state index contributed by atoms with van der Waals surface area (Å²) < 4.78 is 28.4. The second-order valence-corrected chi connectivity index (χ2v) is 9.44. The smallest absolute Gasteiger partial charge is 0.263 e. The maximum Gasteiger partial charge on any atom is 0.263 e. The predicted molar refractivity (Wildman–Crippen MR) is 104 cm³/mol. The van der Waals surface area contributed by atoms with Crippen LogP contribution in [0.2, 0.25) is 0 Å². The van der Waals surface area contributed by atoms with Gasteiger partial charge in [-0.3, -0.25) is 9.52 Å². The van der Waals surface area contributed by atoms with Crippen molar-refractivity contribution in [2.24, 2.45) is 0 Å². The topological polar surface area (TPSA) is 92.3 Å². The van der Waals surface area contributed by atoms with Crippen molar-refractivity contribution in [3.63, 3.8) is 0 Å². The van der Waals surface area contributed by atoms with Crippen molar-refractivity contribution < 1.29 is 13.2 Å². The summed E-state index contributed by atoms with van der Waals surface area (Å²) in [6.45, 7) is 6.03. The molecule has 0 saturated carbocycles. The lowest BCUT2D eigenvalue weighted by atomic mass is 10.2. The van der Waals surface area contributed by atoms with E-state index in [2.05, 4.69) is 21.5 Å². The molecule has 0 radical (unpaired) electrons. The van der Waals surface area contributed by atoms with E-state index in [1.54, 1.807) is 23.1 Å². The number of benzene rings is 1. The number of rotatable bonds is 7. The Bertz CT molecular complexity index is 940. The fraction of sp³-hybridized carbons (Fsp3) is 0.312. The minimum Gasteiger partial charge on any atom is -0.312 e. The number of carbonyl (C=O) groups excluding carboxylic acids is 1. The fourth-order valence-electron chi connectivity index (χ4n) is 2.61. The summed E-state index contributed by atoms with van der Waals surface area (Å²) in [5, 5.41) is 8.03. The van der Waals surface area contributed by atoms with Gasteiger partial charge in [0.05, 0.1) is 4.90 Å². The number of sulfonamides is 1. The molecule has 0 atom stereocenters. The number of amides is 1. The Morgan fingerprint density at radius 1 is 1.46 bits per heavy atom. The molecule has 2 aromatic rings. The fourth-order valence-corrected chi connectivity index (χ4v) is 5.40. The molecule has 1 N–H and O–H groups in total. The highest BCUT2D eigenvalue weighted by atomic mass is 32.2. The molecule has 10 heteroatoms. The summed E-state index contributed by atoms with van der Waals surface area (Å²) in [4.78, 5) is 13.8. The van der Waals surface area contributed by atoms with Crippen molar-refractivity contribution >= 4 is 49.8 Å². The van der Waals surface area contributed by atoms with E-state index in [9.17, 15) is 13.2 Å². The third-order valence-electron chi connectivity index (χ3n) is 3.81. The van der Waals surface area contributed by atoms with E-state index in [-0.39, 0.29) is 15.9 Å². The average Bonchev–Trinajstić information content (AvgIpc) is 3.25. The summed E-state index contributed by atoms with van der Waals surface area (Å²) in [7, 11) is -3.76. The zero-order valence-electron chi connectivity index (χ0n) is 14.1. The molecule has 1 aliphatic rings. The van der Waals surface area contributed by atoms with Crippen LogP contribution in [-0.4, -0.2) is 36.8 Å². The van der Waals surface area contributed by atoms with Gasteiger partial charge in [0.1, 0.15) is 0 Å². The lowest BCUT2D eigenvalue weighted by Crippen LogP contribution is -2.27. The van der Waals surface area contributed by atoms with E-state index in [1.165, 1.54) is 29.2 Å². The SMILES string of the molecule is C=CCSc1nnc(NS(=O)(=O)c2ccc3c(c2)CCN3C(=O)CC)s1. The van der Waals surface area contributed by atoms with Crippen molar-refractivity contribution in [1.29, 1.82) is 0 Å². The van der Waals surface area contributed by atoms with Crippen LogP contribution >= 0.6 is 23.1 Å². The van der Waals surface area contributed by atoms with E-state index in [0.717, 1.165) is 11.3 Å². The number of aromatic nitrogens is 2. The molecule has 0 spiro atoms. The summed E-state index contributed by atoms with van der Waals surface area (Å²) in [6, 6.07) is 4.82. The quantitative estimate of drug-likeness (QED) is 0.557. The summed E-state index contributed by atoms with van der Waals surface area (Å²) in [5.41, 5.74) is 1.64. The Hall–Kier alpha value is -1.91. The summed E-state index contributed by atoms with van der Waals surface area (Å²) in [5.74, 6) is 0.718. The number of anilines is 2. The molecule has 0 bridgehead atoms. The number of carbonyl (C=O) groups is 1. The Morgan fingerprint density at radius 3 is 3.00 bits per heavy atom. The van der Waals surface area contributed by atoms with Gasteiger partial charge in [-0.15, -0.1) is 16.8 Å². The molecule has 0 saturated heterocycles. The minimum absolute atomic E-state index is 0.0379. The highest BCUT2D eigenvalue weighted by molar-refractivity contribution is 8.01. The third-order valence-corrected chi connectivity index (χ3v) is 7.25. The average molecular weight is 411 g/mol. The van der Waals surface area contributed by atoms with Gasteiger partial charge in [-0.05, 0) is 30.2 Å². The zero-order chi connectivity index (χ0) is 18.7. The maximum absolute atomic E-state index is 12.6. The van der Waals surface area contributed by atoms with Gasteiger partial charge in [0.2, 0.25) is 11.0 Å². The van der Waals surface area contributed by atoms with E-state index in [1.807, 2.05) is 6.92 Å². The monoisotopic (exact) mass is 410 g/mol. The van der Waals surface area contributed by atoms with Gasteiger partial charge in [-0.25, -0.2) is 8.42 Å².